The van der Waals surface area contributed by atoms with Crippen molar-refractivity contribution in [2.75, 3.05) is 13.1 Å². The van der Waals surface area contributed by atoms with Crippen LogP contribution in [0.1, 0.15) is 30.9 Å². The summed E-state index contributed by atoms with van der Waals surface area (Å²) < 4.78 is 13.0. The number of carbonyl (C=O) groups excluding carboxylic acids is 1. The third kappa shape index (κ3) is 2.51. The van der Waals surface area contributed by atoms with E-state index in [-0.39, 0.29) is 11.7 Å². The van der Waals surface area contributed by atoms with Gasteiger partial charge in [0.1, 0.15) is 5.82 Å². The molecule has 5 heteroatoms. The molecular weight excluding hydrogens is 281 g/mol. The van der Waals surface area contributed by atoms with Gasteiger partial charge >= 0.3 is 0 Å². The van der Waals surface area contributed by atoms with E-state index >= 15 is 0 Å². The molecule has 1 aromatic carbocycles. The Morgan fingerprint density at radius 3 is 2.73 bits per heavy atom. The van der Waals surface area contributed by atoms with Crippen LogP contribution < -0.4 is 0 Å². The van der Waals surface area contributed by atoms with Crippen LogP contribution in [0.4, 0.5) is 4.39 Å². The second-order valence-electron chi connectivity index (χ2n) is 6.26. The van der Waals surface area contributed by atoms with Crippen molar-refractivity contribution in [1.29, 1.82) is 0 Å². The summed E-state index contributed by atoms with van der Waals surface area (Å²) in [7, 11) is 0. The van der Waals surface area contributed by atoms with Crippen LogP contribution in [0.3, 0.4) is 0 Å². The molecule has 1 atom stereocenters. The van der Waals surface area contributed by atoms with Gasteiger partial charge in [-0.05, 0) is 49.6 Å². The zero-order valence-electron chi connectivity index (χ0n) is 12.3. The molecule has 2 aromatic rings. The van der Waals surface area contributed by atoms with Crippen LogP contribution in [0.25, 0.3) is 11.3 Å². The topological polar surface area (TPSA) is 49.0 Å². The molecule has 1 aromatic heterocycles. The maximum atomic E-state index is 13.0. The Bertz CT molecular complexity index is 690. The highest BCUT2D eigenvalue weighted by Crippen LogP contribution is 2.35. The summed E-state index contributed by atoms with van der Waals surface area (Å²) in [5.41, 5.74) is 2.78. The highest BCUT2D eigenvalue weighted by atomic mass is 19.1. The zero-order chi connectivity index (χ0) is 15.1. The first-order valence-electron chi connectivity index (χ1n) is 7.81. The van der Waals surface area contributed by atoms with E-state index in [2.05, 4.69) is 10.2 Å². The van der Waals surface area contributed by atoms with Gasteiger partial charge in [0.2, 0.25) is 5.91 Å². The quantitative estimate of drug-likeness (QED) is 0.947. The lowest BCUT2D eigenvalue weighted by Crippen LogP contribution is -2.29. The fourth-order valence-corrected chi connectivity index (χ4v) is 3.12. The molecule has 22 heavy (non-hydrogen) atoms. The minimum Gasteiger partial charge on any atom is -0.342 e. The minimum atomic E-state index is -0.246. The number of amides is 1. The molecule has 4 rings (SSSR count). The average Bonchev–Trinajstić information content (AvgIpc) is 3.06. The van der Waals surface area contributed by atoms with E-state index in [0.717, 1.165) is 49.3 Å². The molecule has 1 N–H and O–H groups in total. The molecule has 4 nitrogen and oxygen atoms in total. The van der Waals surface area contributed by atoms with E-state index in [1.54, 1.807) is 12.1 Å². The van der Waals surface area contributed by atoms with E-state index in [1.165, 1.54) is 12.1 Å². The number of benzene rings is 1. The van der Waals surface area contributed by atoms with Crippen LogP contribution in [0, 0.1) is 11.7 Å². The zero-order valence-corrected chi connectivity index (χ0v) is 12.3. The average molecular weight is 299 g/mol. The first-order chi connectivity index (χ1) is 10.7. The number of hydrogen-bond acceptors (Lipinski definition) is 2. The van der Waals surface area contributed by atoms with Gasteiger partial charge in [-0.25, -0.2) is 4.39 Å². The molecular formula is C17H18FN3O. The van der Waals surface area contributed by atoms with Gasteiger partial charge in [-0.15, -0.1) is 0 Å². The summed E-state index contributed by atoms with van der Waals surface area (Å²) in [5.74, 6) is 0.685. The van der Waals surface area contributed by atoms with Crippen LogP contribution in [0.5, 0.6) is 0 Å². The minimum absolute atomic E-state index is 0.246. The molecule has 0 unspecified atom stereocenters. The van der Waals surface area contributed by atoms with Gasteiger partial charge in [-0.3, -0.25) is 9.89 Å². The number of nitrogens with zero attached hydrogens (tertiary/aromatic N) is 2. The lowest BCUT2D eigenvalue weighted by Gasteiger charge is -2.15. The molecule has 2 aliphatic rings. The summed E-state index contributed by atoms with van der Waals surface area (Å²) in [6, 6.07) is 8.35. The molecule has 114 valence electrons. The molecule has 0 spiro atoms. The molecule has 1 saturated heterocycles. The third-order valence-corrected chi connectivity index (χ3v) is 4.60. The highest BCUT2D eigenvalue weighted by Gasteiger charge is 2.37. The van der Waals surface area contributed by atoms with Crippen LogP contribution in [-0.2, 0) is 4.79 Å². The van der Waals surface area contributed by atoms with Crippen molar-refractivity contribution in [2.45, 2.75) is 25.2 Å². The maximum Gasteiger partial charge on any atom is 0.225 e. The number of hydrogen-bond donors (Lipinski definition) is 1. The number of likely N-dealkylation sites (tertiary alicyclic amines) is 1. The maximum absolute atomic E-state index is 13.0. The van der Waals surface area contributed by atoms with E-state index < -0.39 is 0 Å². The van der Waals surface area contributed by atoms with E-state index in [9.17, 15) is 9.18 Å². The molecule has 1 aliphatic heterocycles. The summed E-state index contributed by atoms with van der Waals surface area (Å²) in [6.07, 6.45) is 3.08. The van der Waals surface area contributed by atoms with Gasteiger partial charge in [0.05, 0.1) is 5.69 Å². The SMILES string of the molecule is O=C(C1CC1)N1CC[C@@H](c2cc(-c3ccc(F)cc3)n[nH]2)C1. The second kappa shape index (κ2) is 5.23. The molecule has 0 bridgehead atoms. The van der Waals surface area contributed by atoms with Crippen molar-refractivity contribution in [3.8, 4) is 11.3 Å². The molecule has 2 fully saturated rings. The fourth-order valence-electron chi connectivity index (χ4n) is 3.12. The number of nitrogens with one attached hydrogen (secondary N) is 1. The Balaban J connectivity index is 1.47. The Morgan fingerprint density at radius 2 is 2.00 bits per heavy atom. The molecule has 1 amide bonds. The predicted molar refractivity (Wildman–Crippen MR) is 80.6 cm³/mol. The molecule has 1 aliphatic carbocycles. The van der Waals surface area contributed by atoms with Crippen LogP contribution in [-0.4, -0.2) is 34.1 Å². The van der Waals surface area contributed by atoms with Gasteiger partial charge in [0, 0.05) is 36.2 Å². The van der Waals surface area contributed by atoms with Crippen molar-refractivity contribution >= 4 is 5.91 Å². The van der Waals surface area contributed by atoms with Crippen LogP contribution in [0.2, 0.25) is 0 Å². The number of carbonyl (C=O) groups is 1. The van der Waals surface area contributed by atoms with E-state index in [4.69, 9.17) is 0 Å². The Labute approximate surface area is 128 Å². The van der Waals surface area contributed by atoms with Gasteiger partial charge in [0.25, 0.3) is 0 Å². The van der Waals surface area contributed by atoms with E-state index in [1.807, 2.05) is 11.0 Å². The molecule has 1 saturated carbocycles. The highest BCUT2D eigenvalue weighted by molar-refractivity contribution is 5.81. The Hall–Kier alpha value is -2.17. The van der Waals surface area contributed by atoms with Gasteiger partial charge in [-0.2, -0.15) is 5.10 Å². The molecule has 2 heterocycles. The number of rotatable bonds is 3. The standard InChI is InChI=1S/C17H18FN3O/c18-14-5-3-11(4-6-14)15-9-16(20-19-15)13-7-8-21(10-13)17(22)12-1-2-12/h3-6,9,12-13H,1-2,7-8,10H2,(H,19,20)/t13-/m1/s1. The van der Waals surface area contributed by atoms with Crippen molar-refractivity contribution in [3.63, 3.8) is 0 Å². The van der Waals surface area contributed by atoms with E-state index in [0.29, 0.717) is 11.8 Å². The van der Waals surface area contributed by atoms with Crippen molar-refractivity contribution in [2.24, 2.45) is 5.92 Å². The second-order valence-corrected chi connectivity index (χ2v) is 6.26. The lowest BCUT2D eigenvalue weighted by atomic mass is 10.0. The Morgan fingerprint density at radius 1 is 1.23 bits per heavy atom. The third-order valence-electron chi connectivity index (χ3n) is 4.60. The number of halogens is 1. The van der Waals surface area contributed by atoms with Crippen LogP contribution in [0.15, 0.2) is 30.3 Å². The smallest absolute Gasteiger partial charge is 0.225 e. The first kappa shape index (κ1) is 13.5. The van der Waals surface area contributed by atoms with Crippen molar-refractivity contribution in [1.82, 2.24) is 15.1 Å². The van der Waals surface area contributed by atoms with Gasteiger partial charge in [-0.1, -0.05) is 0 Å². The summed E-state index contributed by atoms with van der Waals surface area (Å²) in [4.78, 5) is 14.1. The number of aromatic nitrogens is 2. The largest absolute Gasteiger partial charge is 0.342 e. The first-order valence-corrected chi connectivity index (χ1v) is 7.81. The number of aromatic amines is 1. The van der Waals surface area contributed by atoms with Gasteiger partial charge in [0.15, 0.2) is 0 Å². The van der Waals surface area contributed by atoms with Gasteiger partial charge < -0.3 is 4.90 Å². The summed E-state index contributed by atoms with van der Waals surface area (Å²) >= 11 is 0. The summed E-state index contributed by atoms with van der Waals surface area (Å²) in [6.45, 7) is 1.62. The monoisotopic (exact) mass is 299 g/mol. The van der Waals surface area contributed by atoms with Crippen molar-refractivity contribution in [3.05, 3.63) is 41.8 Å². The van der Waals surface area contributed by atoms with Crippen molar-refractivity contribution < 1.29 is 9.18 Å². The normalized spacial score (nSPS) is 21.3. The lowest BCUT2D eigenvalue weighted by molar-refractivity contribution is -0.131. The Kier molecular flexibility index (Phi) is 3.21. The number of H-pyrrole nitrogens is 1. The fraction of sp³-hybridized carbons (Fsp3) is 0.412. The molecule has 0 radical (unpaired) electrons. The summed E-state index contributed by atoms with van der Waals surface area (Å²) in [5, 5.41) is 7.41. The predicted octanol–water partition coefficient (Wildman–Crippen LogP) is 2.94. The van der Waals surface area contributed by atoms with Crippen LogP contribution >= 0.6 is 0 Å².